The fourth-order valence-corrected chi connectivity index (χ4v) is 2.61. The molecule has 0 bridgehead atoms. The smallest absolute Gasteiger partial charge is 0.241 e. The van der Waals surface area contributed by atoms with E-state index in [1.165, 1.54) is 5.69 Å². The van der Waals surface area contributed by atoms with E-state index in [0.717, 1.165) is 24.2 Å². The first-order chi connectivity index (χ1) is 10.4. The van der Waals surface area contributed by atoms with Gasteiger partial charge in [0.15, 0.2) is 0 Å². The van der Waals surface area contributed by atoms with Crippen molar-refractivity contribution in [3.05, 3.63) is 40.4 Å². The Morgan fingerprint density at radius 1 is 1.45 bits per heavy atom. The number of carbonyl (C=O) groups is 1. The molecule has 120 valence electrons. The first-order valence-corrected chi connectivity index (χ1v) is 7.85. The van der Waals surface area contributed by atoms with Crippen molar-refractivity contribution >= 4 is 17.5 Å². The second kappa shape index (κ2) is 7.01. The van der Waals surface area contributed by atoms with E-state index in [2.05, 4.69) is 21.0 Å². The van der Waals surface area contributed by atoms with Gasteiger partial charge in [0.2, 0.25) is 5.91 Å². The molecule has 0 saturated carbocycles. The van der Waals surface area contributed by atoms with Crippen molar-refractivity contribution in [3.63, 3.8) is 0 Å². The average molecular weight is 323 g/mol. The minimum atomic E-state index is -0.0401. The predicted molar refractivity (Wildman–Crippen MR) is 88.0 cm³/mol. The van der Waals surface area contributed by atoms with Crippen molar-refractivity contribution in [2.75, 3.05) is 0 Å². The van der Waals surface area contributed by atoms with E-state index >= 15 is 0 Å². The SMILES string of the molecule is Cc1nn(CC(=O)N[C@H](C)CCc2cccn2C)c(C)c1Cl. The molecule has 0 fully saturated rings. The molecule has 0 radical (unpaired) electrons. The summed E-state index contributed by atoms with van der Waals surface area (Å²) in [7, 11) is 2.03. The van der Waals surface area contributed by atoms with Crippen molar-refractivity contribution < 1.29 is 4.79 Å². The number of nitrogens with zero attached hydrogens (tertiary/aromatic N) is 3. The van der Waals surface area contributed by atoms with E-state index in [-0.39, 0.29) is 18.5 Å². The minimum Gasteiger partial charge on any atom is -0.354 e. The fourth-order valence-electron chi connectivity index (χ4n) is 2.48. The van der Waals surface area contributed by atoms with Crippen LogP contribution in [0.5, 0.6) is 0 Å². The maximum atomic E-state index is 12.1. The van der Waals surface area contributed by atoms with Crippen LogP contribution in [-0.4, -0.2) is 26.3 Å². The third-order valence-electron chi connectivity index (χ3n) is 3.88. The zero-order valence-electron chi connectivity index (χ0n) is 13.6. The quantitative estimate of drug-likeness (QED) is 0.889. The summed E-state index contributed by atoms with van der Waals surface area (Å²) >= 11 is 6.09. The molecule has 0 aliphatic heterocycles. The molecule has 1 atom stereocenters. The van der Waals surface area contributed by atoms with Crippen molar-refractivity contribution in [1.29, 1.82) is 0 Å². The number of halogens is 1. The third kappa shape index (κ3) is 3.91. The summed E-state index contributed by atoms with van der Waals surface area (Å²) in [5.74, 6) is -0.0401. The molecule has 2 rings (SSSR count). The summed E-state index contributed by atoms with van der Waals surface area (Å²) in [5.41, 5.74) is 2.85. The summed E-state index contributed by atoms with van der Waals surface area (Å²) < 4.78 is 3.75. The second-order valence-corrected chi connectivity index (χ2v) is 6.14. The van der Waals surface area contributed by atoms with E-state index in [0.29, 0.717) is 5.02 Å². The van der Waals surface area contributed by atoms with Gasteiger partial charge in [-0.15, -0.1) is 0 Å². The Hall–Kier alpha value is -1.75. The highest BCUT2D eigenvalue weighted by Crippen LogP contribution is 2.18. The molecule has 0 aliphatic rings. The summed E-state index contributed by atoms with van der Waals surface area (Å²) in [4.78, 5) is 12.1. The Balaban J connectivity index is 1.83. The van der Waals surface area contributed by atoms with Crippen LogP contribution in [0.3, 0.4) is 0 Å². The zero-order valence-corrected chi connectivity index (χ0v) is 14.3. The Morgan fingerprint density at radius 2 is 2.18 bits per heavy atom. The number of hydrogen-bond donors (Lipinski definition) is 1. The van der Waals surface area contributed by atoms with Crippen LogP contribution in [0.1, 0.15) is 30.4 Å². The minimum absolute atomic E-state index is 0.0401. The van der Waals surface area contributed by atoms with E-state index in [1.807, 2.05) is 40.1 Å². The average Bonchev–Trinajstić information content (AvgIpc) is 2.96. The highest BCUT2D eigenvalue weighted by Gasteiger charge is 2.14. The van der Waals surface area contributed by atoms with Gasteiger partial charge in [0, 0.05) is 25.0 Å². The lowest BCUT2D eigenvalue weighted by atomic mass is 10.1. The fraction of sp³-hybridized carbons (Fsp3) is 0.500. The van der Waals surface area contributed by atoms with Crippen molar-refractivity contribution in [1.82, 2.24) is 19.7 Å². The van der Waals surface area contributed by atoms with Gasteiger partial charge in [-0.25, -0.2) is 0 Å². The van der Waals surface area contributed by atoms with Crippen LogP contribution in [0.2, 0.25) is 5.02 Å². The molecule has 2 aromatic heterocycles. The van der Waals surface area contributed by atoms with E-state index in [4.69, 9.17) is 11.6 Å². The van der Waals surface area contributed by atoms with E-state index < -0.39 is 0 Å². The lowest BCUT2D eigenvalue weighted by molar-refractivity contribution is -0.122. The molecular formula is C16H23ClN4O. The molecule has 0 saturated heterocycles. The van der Waals surface area contributed by atoms with Crippen LogP contribution < -0.4 is 5.32 Å². The number of hydrogen-bond acceptors (Lipinski definition) is 2. The monoisotopic (exact) mass is 322 g/mol. The number of carbonyl (C=O) groups excluding carboxylic acids is 1. The molecular weight excluding hydrogens is 300 g/mol. The molecule has 0 aromatic carbocycles. The normalized spacial score (nSPS) is 12.4. The van der Waals surface area contributed by atoms with Gasteiger partial charge in [-0.3, -0.25) is 9.48 Å². The van der Waals surface area contributed by atoms with Gasteiger partial charge in [0.1, 0.15) is 6.54 Å². The van der Waals surface area contributed by atoms with Crippen molar-refractivity contribution in [3.8, 4) is 0 Å². The van der Waals surface area contributed by atoms with Gasteiger partial charge in [-0.2, -0.15) is 5.10 Å². The van der Waals surface area contributed by atoms with Gasteiger partial charge in [0.05, 0.1) is 16.4 Å². The number of amides is 1. The number of aromatic nitrogens is 3. The van der Waals surface area contributed by atoms with Gasteiger partial charge < -0.3 is 9.88 Å². The summed E-state index contributed by atoms with van der Waals surface area (Å²) in [6, 6.07) is 4.26. The lowest BCUT2D eigenvalue weighted by Gasteiger charge is -2.14. The molecule has 22 heavy (non-hydrogen) atoms. The van der Waals surface area contributed by atoms with Crippen LogP contribution in [-0.2, 0) is 24.8 Å². The van der Waals surface area contributed by atoms with Crippen LogP contribution in [0, 0.1) is 13.8 Å². The topological polar surface area (TPSA) is 51.9 Å². The summed E-state index contributed by atoms with van der Waals surface area (Å²) in [5, 5.41) is 7.92. The van der Waals surface area contributed by atoms with Gasteiger partial charge in [0.25, 0.3) is 0 Å². The van der Waals surface area contributed by atoms with Crippen LogP contribution >= 0.6 is 11.6 Å². The highest BCUT2D eigenvalue weighted by atomic mass is 35.5. The maximum Gasteiger partial charge on any atom is 0.241 e. The lowest BCUT2D eigenvalue weighted by Crippen LogP contribution is -2.35. The Morgan fingerprint density at radius 3 is 2.73 bits per heavy atom. The van der Waals surface area contributed by atoms with Crippen LogP contribution in [0.25, 0.3) is 0 Å². The van der Waals surface area contributed by atoms with E-state index in [1.54, 1.807) is 4.68 Å². The predicted octanol–water partition coefficient (Wildman–Crippen LogP) is 2.63. The summed E-state index contributed by atoms with van der Waals surface area (Å²) in [6.45, 7) is 5.93. The molecule has 2 heterocycles. The van der Waals surface area contributed by atoms with Gasteiger partial charge in [-0.1, -0.05) is 11.6 Å². The highest BCUT2D eigenvalue weighted by molar-refractivity contribution is 6.31. The number of rotatable bonds is 6. The Kier molecular flexibility index (Phi) is 5.29. The molecule has 2 aromatic rings. The number of aryl methyl sites for hydroxylation is 3. The second-order valence-electron chi connectivity index (χ2n) is 5.76. The molecule has 5 nitrogen and oxygen atoms in total. The van der Waals surface area contributed by atoms with Gasteiger partial charge >= 0.3 is 0 Å². The first kappa shape index (κ1) is 16.6. The molecule has 0 aliphatic carbocycles. The van der Waals surface area contributed by atoms with Crippen molar-refractivity contribution in [2.45, 2.75) is 46.2 Å². The molecule has 6 heteroatoms. The zero-order chi connectivity index (χ0) is 16.3. The standard InChI is InChI=1S/C16H23ClN4O/c1-11(7-8-14-6-5-9-20(14)4)18-15(22)10-21-13(3)16(17)12(2)19-21/h5-6,9,11H,7-8,10H2,1-4H3,(H,18,22)/t11-/m1/s1. The van der Waals surface area contributed by atoms with Crippen molar-refractivity contribution in [2.24, 2.45) is 7.05 Å². The largest absolute Gasteiger partial charge is 0.354 e. The number of nitrogens with one attached hydrogen (secondary N) is 1. The Bertz CT molecular complexity index is 659. The molecule has 0 unspecified atom stereocenters. The van der Waals surface area contributed by atoms with Crippen LogP contribution in [0.4, 0.5) is 0 Å². The molecule has 0 spiro atoms. The first-order valence-electron chi connectivity index (χ1n) is 7.47. The molecule has 1 N–H and O–H groups in total. The maximum absolute atomic E-state index is 12.1. The van der Waals surface area contributed by atoms with Gasteiger partial charge in [-0.05, 0) is 45.7 Å². The Labute approximate surface area is 136 Å². The molecule has 1 amide bonds. The van der Waals surface area contributed by atoms with Crippen LogP contribution in [0.15, 0.2) is 18.3 Å². The summed E-state index contributed by atoms with van der Waals surface area (Å²) in [6.07, 6.45) is 3.88. The van der Waals surface area contributed by atoms with E-state index in [9.17, 15) is 4.79 Å². The third-order valence-corrected chi connectivity index (χ3v) is 4.43.